The Morgan fingerprint density at radius 3 is 2.25 bits per heavy atom. The number of nitrogens with zero attached hydrogens (tertiary/aromatic N) is 1. The highest BCUT2D eigenvalue weighted by atomic mass is 16.3. The fourth-order valence-corrected chi connectivity index (χ4v) is 2.29. The highest BCUT2D eigenvalue weighted by Gasteiger charge is 2.53. The van der Waals surface area contributed by atoms with E-state index in [1.807, 2.05) is 0 Å². The van der Waals surface area contributed by atoms with Crippen LogP contribution in [0.2, 0.25) is 0 Å². The van der Waals surface area contributed by atoms with Crippen molar-refractivity contribution in [2.45, 2.75) is 32.7 Å². The van der Waals surface area contributed by atoms with Crippen molar-refractivity contribution in [3.8, 4) is 0 Å². The zero-order chi connectivity index (χ0) is 8.77. The zero-order valence-corrected chi connectivity index (χ0v) is 8.08. The molecule has 1 aliphatic heterocycles. The fraction of sp³-hybridized carbons (Fsp3) is 1.00. The van der Waals surface area contributed by atoms with Gasteiger partial charge in [0.25, 0.3) is 0 Å². The summed E-state index contributed by atoms with van der Waals surface area (Å²) in [4.78, 5) is 2.44. The topological polar surface area (TPSA) is 23.5 Å². The summed E-state index contributed by atoms with van der Waals surface area (Å²) in [5.41, 5.74) is 0.725. The molecule has 2 heteroatoms. The maximum Gasteiger partial charge on any atom is 0.0589 e. The molecular formula is C10H19NO. The molecule has 1 N–H and O–H groups in total. The lowest BCUT2D eigenvalue weighted by Gasteiger charge is -2.46. The molecule has 1 aliphatic carbocycles. The molecule has 0 bridgehead atoms. The van der Waals surface area contributed by atoms with Gasteiger partial charge in [-0.15, -0.1) is 0 Å². The molecule has 70 valence electrons. The fourth-order valence-electron chi connectivity index (χ4n) is 2.29. The summed E-state index contributed by atoms with van der Waals surface area (Å²) in [6.07, 6.45) is 2.86. The van der Waals surface area contributed by atoms with E-state index in [4.69, 9.17) is 0 Å². The van der Waals surface area contributed by atoms with Crippen molar-refractivity contribution in [2.75, 3.05) is 19.7 Å². The Hall–Kier alpha value is -0.0800. The summed E-state index contributed by atoms with van der Waals surface area (Å²) >= 11 is 0. The van der Waals surface area contributed by atoms with E-state index in [-0.39, 0.29) is 0 Å². The molecule has 0 aromatic heterocycles. The van der Waals surface area contributed by atoms with E-state index in [2.05, 4.69) is 18.7 Å². The largest absolute Gasteiger partial charge is 0.395 e. The van der Waals surface area contributed by atoms with Crippen molar-refractivity contribution in [3.63, 3.8) is 0 Å². The van der Waals surface area contributed by atoms with E-state index in [1.54, 1.807) is 0 Å². The third-order valence-electron chi connectivity index (χ3n) is 3.46. The third kappa shape index (κ3) is 1.27. The van der Waals surface area contributed by atoms with Crippen LogP contribution in [0.15, 0.2) is 0 Å². The molecular weight excluding hydrogens is 150 g/mol. The highest BCUT2D eigenvalue weighted by molar-refractivity contribution is 5.06. The molecule has 2 nitrogen and oxygen atoms in total. The Kier molecular flexibility index (Phi) is 1.92. The molecule has 1 atom stereocenters. The first-order chi connectivity index (χ1) is 5.67. The monoisotopic (exact) mass is 169 g/mol. The van der Waals surface area contributed by atoms with Crippen molar-refractivity contribution in [3.05, 3.63) is 0 Å². The summed E-state index contributed by atoms with van der Waals surface area (Å²) in [6.45, 7) is 7.21. The molecule has 0 amide bonds. The van der Waals surface area contributed by atoms with E-state index >= 15 is 0 Å². The maximum atomic E-state index is 9.18. The van der Waals surface area contributed by atoms with E-state index in [0.717, 1.165) is 5.41 Å². The van der Waals surface area contributed by atoms with Crippen LogP contribution in [0.5, 0.6) is 0 Å². The number of hydrogen-bond acceptors (Lipinski definition) is 2. The zero-order valence-electron chi connectivity index (χ0n) is 8.08. The van der Waals surface area contributed by atoms with Gasteiger partial charge in [0.05, 0.1) is 6.61 Å². The van der Waals surface area contributed by atoms with E-state index in [9.17, 15) is 5.11 Å². The van der Waals surface area contributed by atoms with Gasteiger partial charge >= 0.3 is 0 Å². The lowest BCUT2D eigenvalue weighted by Crippen LogP contribution is -2.56. The van der Waals surface area contributed by atoms with Crippen molar-refractivity contribution in [2.24, 2.45) is 11.3 Å². The Morgan fingerprint density at radius 1 is 1.33 bits per heavy atom. The number of aliphatic hydroxyl groups excluding tert-OH is 1. The normalized spacial score (nSPS) is 29.0. The molecule has 0 unspecified atom stereocenters. The standard InChI is InChI=1S/C10H19NO/c1-8(2)9(5-12)11-6-10(7-11)3-4-10/h8-9,12H,3-7H2,1-2H3/t9-/m0/s1. The van der Waals surface area contributed by atoms with Gasteiger partial charge in [0.15, 0.2) is 0 Å². The van der Waals surface area contributed by atoms with Crippen molar-refractivity contribution >= 4 is 0 Å². The third-order valence-corrected chi connectivity index (χ3v) is 3.46. The summed E-state index contributed by atoms with van der Waals surface area (Å²) in [7, 11) is 0. The minimum absolute atomic E-state index is 0.327. The predicted octanol–water partition coefficient (Wildman–Crippen LogP) is 1.10. The highest BCUT2D eigenvalue weighted by Crippen LogP contribution is 2.53. The Labute approximate surface area is 74.6 Å². The van der Waals surface area contributed by atoms with Crippen LogP contribution < -0.4 is 0 Å². The molecule has 0 aromatic carbocycles. The van der Waals surface area contributed by atoms with Crippen LogP contribution >= 0.6 is 0 Å². The van der Waals surface area contributed by atoms with Crippen LogP contribution in [0.4, 0.5) is 0 Å². The first-order valence-corrected chi connectivity index (χ1v) is 5.02. The minimum Gasteiger partial charge on any atom is -0.395 e. The number of aliphatic hydroxyl groups is 1. The quantitative estimate of drug-likeness (QED) is 0.684. The van der Waals surface area contributed by atoms with Crippen LogP contribution in [-0.4, -0.2) is 35.7 Å². The summed E-state index contributed by atoms with van der Waals surface area (Å²) in [6, 6.07) is 0.413. The van der Waals surface area contributed by atoms with Crippen LogP contribution in [0.25, 0.3) is 0 Å². The number of rotatable bonds is 3. The summed E-state index contributed by atoms with van der Waals surface area (Å²) in [5.74, 6) is 0.589. The van der Waals surface area contributed by atoms with Crippen LogP contribution in [0.3, 0.4) is 0 Å². The van der Waals surface area contributed by atoms with Crippen LogP contribution in [-0.2, 0) is 0 Å². The first-order valence-electron chi connectivity index (χ1n) is 5.02. The molecule has 1 spiro atoms. The van der Waals surface area contributed by atoms with Gasteiger partial charge < -0.3 is 5.11 Å². The average Bonchev–Trinajstić information content (AvgIpc) is 2.66. The molecule has 0 radical (unpaired) electrons. The lowest BCUT2D eigenvalue weighted by molar-refractivity contribution is -0.00855. The van der Waals surface area contributed by atoms with Gasteiger partial charge in [-0.2, -0.15) is 0 Å². The molecule has 2 rings (SSSR count). The second-order valence-corrected chi connectivity index (χ2v) is 4.90. The molecule has 1 saturated carbocycles. The Bertz CT molecular complexity index is 167. The van der Waals surface area contributed by atoms with Gasteiger partial charge in [-0.1, -0.05) is 13.8 Å². The first kappa shape index (κ1) is 8.52. The molecule has 0 aromatic rings. The predicted molar refractivity (Wildman–Crippen MR) is 49.0 cm³/mol. The maximum absolute atomic E-state index is 9.18. The minimum atomic E-state index is 0.327. The summed E-state index contributed by atoms with van der Waals surface area (Å²) in [5, 5.41) is 9.18. The average molecular weight is 169 g/mol. The van der Waals surface area contributed by atoms with Gasteiger partial charge in [0, 0.05) is 19.1 Å². The van der Waals surface area contributed by atoms with Gasteiger partial charge in [-0.25, -0.2) is 0 Å². The van der Waals surface area contributed by atoms with Crippen LogP contribution in [0, 0.1) is 11.3 Å². The smallest absolute Gasteiger partial charge is 0.0589 e. The second kappa shape index (κ2) is 2.71. The van der Waals surface area contributed by atoms with E-state index < -0.39 is 0 Å². The van der Waals surface area contributed by atoms with E-state index in [1.165, 1.54) is 25.9 Å². The molecule has 1 heterocycles. The molecule has 12 heavy (non-hydrogen) atoms. The Balaban J connectivity index is 1.84. The second-order valence-electron chi connectivity index (χ2n) is 4.90. The Morgan fingerprint density at radius 2 is 1.92 bits per heavy atom. The molecule has 2 fully saturated rings. The van der Waals surface area contributed by atoms with Gasteiger partial charge in [0.2, 0.25) is 0 Å². The number of hydrogen-bond donors (Lipinski definition) is 1. The lowest BCUT2D eigenvalue weighted by atomic mass is 9.91. The van der Waals surface area contributed by atoms with Gasteiger partial charge in [0.1, 0.15) is 0 Å². The summed E-state index contributed by atoms with van der Waals surface area (Å²) < 4.78 is 0. The van der Waals surface area contributed by atoms with Crippen molar-refractivity contribution in [1.82, 2.24) is 4.90 Å². The van der Waals surface area contributed by atoms with Gasteiger partial charge in [-0.05, 0) is 24.2 Å². The SMILES string of the molecule is CC(C)[C@H](CO)N1CC2(CC2)C1. The number of likely N-dealkylation sites (tertiary alicyclic amines) is 1. The van der Waals surface area contributed by atoms with Crippen molar-refractivity contribution in [1.29, 1.82) is 0 Å². The van der Waals surface area contributed by atoms with Gasteiger partial charge in [-0.3, -0.25) is 4.90 Å². The van der Waals surface area contributed by atoms with E-state index in [0.29, 0.717) is 18.6 Å². The molecule has 2 aliphatic rings. The van der Waals surface area contributed by atoms with Crippen LogP contribution in [0.1, 0.15) is 26.7 Å². The molecule has 1 saturated heterocycles. The van der Waals surface area contributed by atoms with Crippen molar-refractivity contribution < 1.29 is 5.11 Å².